The van der Waals surface area contributed by atoms with Gasteiger partial charge in [0.05, 0.1) is 12.6 Å². The van der Waals surface area contributed by atoms with Gasteiger partial charge in [-0.1, -0.05) is 26.8 Å². The number of hydrogen-bond donors (Lipinski definition) is 1. The number of anilines is 1. The zero-order valence-corrected chi connectivity index (χ0v) is 13.3. The number of hydrogen-bond acceptors (Lipinski definition) is 3. The molecule has 2 rings (SSSR count). The molecule has 1 fully saturated rings. The zero-order valence-electron chi connectivity index (χ0n) is 13.3. The van der Waals surface area contributed by atoms with E-state index in [9.17, 15) is 5.11 Å². The number of nitrogens with zero attached hydrogens (tertiary/aromatic N) is 2. The van der Waals surface area contributed by atoms with Crippen LogP contribution in [0.5, 0.6) is 0 Å². The van der Waals surface area contributed by atoms with Crippen LogP contribution in [0.4, 0.5) is 5.69 Å². The molecule has 1 N–H and O–H groups in total. The summed E-state index contributed by atoms with van der Waals surface area (Å²) in [6.07, 6.45) is 1.08. The van der Waals surface area contributed by atoms with Crippen LogP contribution in [0.1, 0.15) is 37.8 Å². The third kappa shape index (κ3) is 3.15. The Bertz CT molecular complexity index is 445. The van der Waals surface area contributed by atoms with Gasteiger partial charge >= 0.3 is 0 Å². The minimum absolute atomic E-state index is 0.234. The van der Waals surface area contributed by atoms with E-state index < -0.39 is 0 Å². The second kappa shape index (κ2) is 6.59. The summed E-state index contributed by atoms with van der Waals surface area (Å²) in [5.41, 5.74) is 4.22. The lowest BCUT2D eigenvalue weighted by atomic mass is 9.95. The zero-order chi connectivity index (χ0) is 14.7. The van der Waals surface area contributed by atoms with Crippen LogP contribution >= 0.6 is 0 Å². The molecular weight excluding hydrogens is 248 g/mol. The predicted octanol–water partition coefficient (Wildman–Crippen LogP) is 2.49. The molecule has 3 heteroatoms. The lowest BCUT2D eigenvalue weighted by Gasteiger charge is -2.40. The predicted molar refractivity (Wildman–Crippen MR) is 85.6 cm³/mol. The molecule has 1 aromatic rings. The first kappa shape index (κ1) is 15.3. The second-order valence-corrected chi connectivity index (χ2v) is 6.15. The topological polar surface area (TPSA) is 26.7 Å². The second-order valence-electron chi connectivity index (χ2n) is 6.15. The summed E-state index contributed by atoms with van der Waals surface area (Å²) >= 11 is 0. The fraction of sp³-hybridized carbons (Fsp3) is 0.647. The Hall–Kier alpha value is -1.06. The minimum Gasteiger partial charge on any atom is -0.395 e. The Morgan fingerprint density at radius 3 is 2.65 bits per heavy atom. The lowest BCUT2D eigenvalue weighted by molar-refractivity contribution is 0.135. The van der Waals surface area contributed by atoms with Crippen molar-refractivity contribution in [3.63, 3.8) is 0 Å². The third-order valence-corrected chi connectivity index (χ3v) is 4.48. The van der Waals surface area contributed by atoms with Crippen molar-refractivity contribution in [2.45, 2.75) is 39.2 Å². The van der Waals surface area contributed by atoms with Gasteiger partial charge in [0.25, 0.3) is 0 Å². The SMILES string of the molecule is CCc1cc(N2CCN(C)[C@H](CO)C2)ccc1C(C)C. The Kier molecular flexibility index (Phi) is 5.06. The Morgan fingerprint density at radius 2 is 2.05 bits per heavy atom. The highest BCUT2D eigenvalue weighted by molar-refractivity contribution is 5.52. The first-order valence-corrected chi connectivity index (χ1v) is 7.75. The molecule has 0 aromatic heterocycles. The van der Waals surface area contributed by atoms with Crippen LogP contribution in [-0.2, 0) is 6.42 Å². The van der Waals surface area contributed by atoms with Crippen LogP contribution in [0.2, 0.25) is 0 Å². The molecule has 1 saturated heterocycles. The average molecular weight is 276 g/mol. The number of aryl methyl sites for hydroxylation is 1. The maximum Gasteiger partial charge on any atom is 0.0604 e. The molecule has 1 aliphatic rings. The summed E-state index contributed by atoms with van der Waals surface area (Å²) in [6, 6.07) is 7.12. The Morgan fingerprint density at radius 1 is 1.30 bits per heavy atom. The molecule has 0 amide bonds. The molecule has 1 aromatic carbocycles. The lowest BCUT2D eigenvalue weighted by Crippen LogP contribution is -2.53. The fourth-order valence-corrected chi connectivity index (χ4v) is 3.04. The van der Waals surface area contributed by atoms with Crippen molar-refractivity contribution in [1.29, 1.82) is 0 Å². The van der Waals surface area contributed by atoms with Crippen molar-refractivity contribution in [1.82, 2.24) is 4.90 Å². The standard InChI is InChI=1S/C17H28N2O/c1-5-14-10-15(6-7-17(14)13(2)3)19-9-8-18(4)16(11-19)12-20/h6-7,10,13,16,20H,5,8-9,11-12H2,1-4H3/t16-/m0/s1. The molecular formula is C17H28N2O. The van der Waals surface area contributed by atoms with Gasteiger partial charge in [-0.05, 0) is 42.6 Å². The molecule has 0 bridgehead atoms. The van der Waals surface area contributed by atoms with Gasteiger partial charge in [-0.15, -0.1) is 0 Å². The molecule has 20 heavy (non-hydrogen) atoms. The van der Waals surface area contributed by atoms with Gasteiger partial charge in [0.1, 0.15) is 0 Å². The molecule has 0 saturated carbocycles. The van der Waals surface area contributed by atoms with Crippen molar-refractivity contribution < 1.29 is 5.11 Å². The maximum atomic E-state index is 9.48. The summed E-state index contributed by atoms with van der Waals surface area (Å²) in [6.45, 7) is 9.94. The molecule has 0 unspecified atom stereocenters. The summed E-state index contributed by atoms with van der Waals surface area (Å²) < 4.78 is 0. The third-order valence-electron chi connectivity index (χ3n) is 4.48. The molecule has 3 nitrogen and oxygen atoms in total. The van der Waals surface area contributed by atoms with Gasteiger partial charge in [-0.2, -0.15) is 0 Å². The van der Waals surface area contributed by atoms with Crippen molar-refractivity contribution >= 4 is 5.69 Å². The van der Waals surface area contributed by atoms with E-state index in [4.69, 9.17) is 0 Å². The van der Waals surface area contributed by atoms with Gasteiger partial charge in [-0.25, -0.2) is 0 Å². The van der Waals surface area contributed by atoms with E-state index in [1.165, 1.54) is 16.8 Å². The number of aliphatic hydroxyl groups excluding tert-OH is 1. The molecule has 0 spiro atoms. The number of piperazine rings is 1. The van der Waals surface area contributed by atoms with E-state index >= 15 is 0 Å². The van der Waals surface area contributed by atoms with Crippen LogP contribution in [-0.4, -0.2) is 49.3 Å². The number of likely N-dealkylation sites (N-methyl/N-ethyl adjacent to an activating group) is 1. The van der Waals surface area contributed by atoms with Gasteiger partial charge < -0.3 is 10.0 Å². The maximum absolute atomic E-state index is 9.48. The number of benzene rings is 1. The highest BCUT2D eigenvalue weighted by Crippen LogP contribution is 2.26. The molecule has 1 atom stereocenters. The highest BCUT2D eigenvalue weighted by Gasteiger charge is 2.24. The number of rotatable bonds is 4. The molecule has 1 heterocycles. The summed E-state index contributed by atoms with van der Waals surface area (Å²) in [5, 5.41) is 9.48. The molecule has 0 radical (unpaired) electrons. The van der Waals surface area contributed by atoms with E-state index in [1.54, 1.807) is 0 Å². The van der Waals surface area contributed by atoms with E-state index in [-0.39, 0.29) is 12.6 Å². The Labute approximate surface area is 123 Å². The van der Waals surface area contributed by atoms with Crippen molar-refractivity contribution in [3.8, 4) is 0 Å². The van der Waals surface area contributed by atoms with Gasteiger partial charge in [-0.3, -0.25) is 4.90 Å². The molecule has 112 valence electrons. The van der Waals surface area contributed by atoms with Crippen LogP contribution < -0.4 is 4.90 Å². The molecule has 1 aliphatic heterocycles. The average Bonchev–Trinajstić information content (AvgIpc) is 2.46. The van der Waals surface area contributed by atoms with Crippen LogP contribution in [0.15, 0.2) is 18.2 Å². The quantitative estimate of drug-likeness (QED) is 0.915. The fourth-order valence-electron chi connectivity index (χ4n) is 3.04. The Balaban J connectivity index is 2.21. The van der Waals surface area contributed by atoms with E-state index in [0.29, 0.717) is 5.92 Å². The normalized spacial score (nSPS) is 20.7. The largest absolute Gasteiger partial charge is 0.395 e. The summed E-state index contributed by atoms with van der Waals surface area (Å²) in [4.78, 5) is 4.66. The van der Waals surface area contributed by atoms with E-state index in [0.717, 1.165) is 26.1 Å². The smallest absolute Gasteiger partial charge is 0.0604 e. The summed E-state index contributed by atoms with van der Waals surface area (Å²) in [7, 11) is 2.09. The van der Waals surface area contributed by atoms with Crippen molar-refractivity contribution in [2.24, 2.45) is 0 Å². The molecule has 0 aliphatic carbocycles. The first-order valence-electron chi connectivity index (χ1n) is 7.75. The van der Waals surface area contributed by atoms with Crippen molar-refractivity contribution in [2.75, 3.05) is 38.2 Å². The van der Waals surface area contributed by atoms with Crippen LogP contribution in [0.25, 0.3) is 0 Å². The van der Waals surface area contributed by atoms with E-state index in [2.05, 4.69) is 55.8 Å². The van der Waals surface area contributed by atoms with E-state index in [1.807, 2.05) is 0 Å². The minimum atomic E-state index is 0.234. The van der Waals surface area contributed by atoms with Crippen LogP contribution in [0.3, 0.4) is 0 Å². The monoisotopic (exact) mass is 276 g/mol. The van der Waals surface area contributed by atoms with Gasteiger partial charge in [0.2, 0.25) is 0 Å². The first-order chi connectivity index (χ1) is 9.56. The van der Waals surface area contributed by atoms with Gasteiger partial charge in [0.15, 0.2) is 0 Å². The highest BCUT2D eigenvalue weighted by atomic mass is 16.3. The summed E-state index contributed by atoms with van der Waals surface area (Å²) in [5.74, 6) is 0.580. The number of aliphatic hydroxyl groups is 1. The van der Waals surface area contributed by atoms with Crippen LogP contribution in [0, 0.1) is 0 Å². The van der Waals surface area contributed by atoms with Gasteiger partial charge in [0, 0.05) is 25.3 Å². The van der Waals surface area contributed by atoms with Crippen molar-refractivity contribution in [3.05, 3.63) is 29.3 Å².